The number of thioether (sulfide) groups is 1. The van der Waals surface area contributed by atoms with Crippen LogP contribution >= 0.6 is 11.8 Å². The van der Waals surface area contributed by atoms with Crippen LogP contribution in [0.1, 0.15) is 28.8 Å². The number of carbonyl (C=O) groups is 2. The minimum absolute atomic E-state index is 0.00168. The average Bonchev–Trinajstić information content (AvgIpc) is 2.69. The van der Waals surface area contributed by atoms with Crippen LogP contribution in [0, 0.1) is 12.8 Å². The largest absolute Gasteiger partial charge is 0.338 e. The molecule has 0 saturated carbocycles. The van der Waals surface area contributed by atoms with Crippen LogP contribution in [-0.2, 0) is 4.79 Å². The van der Waals surface area contributed by atoms with E-state index in [4.69, 9.17) is 0 Å². The van der Waals surface area contributed by atoms with Crippen LogP contribution in [0.15, 0.2) is 41.7 Å². The number of carbonyl (C=O) groups excluding carboxylic acids is 2. The molecule has 2 amide bonds. The Hall–Kier alpha value is -2.55. The Morgan fingerprint density at radius 1 is 1.25 bits per heavy atom. The van der Waals surface area contributed by atoms with Crippen LogP contribution in [0.5, 0.6) is 0 Å². The monoisotopic (exact) mass is 406 g/mol. The normalized spacial score (nSPS) is 16.9. The minimum atomic E-state index is -2.66. The van der Waals surface area contributed by atoms with Crippen LogP contribution in [-0.4, -0.2) is 45.5 Å². The molecule has 6 nitrogen and oxygen atoms in total. The molecule has 1 atom stereocenters. The van der Waals surface area contributed by atoms with E-state index in [1.165, 1.54) is 17.2 Å². The van der Waals surface area contributed by atoms with Crippen molar-refractivity contribution in [1.82, 2.24) is 14.9 Å². The van der Waals surface area contributed by atoms with Crippen LogP contribution in [0.25, 0.3) is 0 Å². The Kier molecular flexibility index (Phi) is 6.56. The second-order valence-electron chi connectivity index (χ2n) is 6.48. The summed E-state index contributed by atoms with van der Waals surface area (Å²) in [6, 6.07) is 6.67. The average molecular weight is 406 g/mol. The summed E-state index contributed by atoms with van der Waals surface area (Å²) in [6.07, 6.45) is 4.28. The third kappa shape index (κ3) is 4.83. The fourth-order valence-electron chi connectivity index (χ4n) is 3.11. The van der Waals surface area contributed by atoms with Gasteiger partial charge in [0.2, 0.25) is 5.91 Å². The quantitative estimate of drug-likeness (QED) is 0.768. The maximum atomic E-state index is 12.9. The topological polar surface area (TPSA) is 75.2 Å². The number of nitrogens with one attached hydrogen (secondary N) is 1. The van der Waals surface area contributed by atoms with Gasteiger partial charge in [0.25, 0.3) is 11.7 Å². The highest BCUT2D eigenvalue weighted by Gasteiger charge is 2.30. The Balaban J connectivity index is 1.70. The van der Waals surface area contributed by atoms with E-state index in [1.807, 2.05) is 13.0 Å². The molecule has 3 rings (SSSR count). The summed E-state index contributed by atoms with van der Waals surface area (Å²) in [5, 5.41) is 2.81. The molecule has 1 aliphatic rings. The summed E-state index contributed by atoms with van der Waals surface area (Å²) in [6.45, 7) is 2.55. The number of halogens is 2. The van der Waals surface area contributed by atoms with Crippen molar-refractivity contribution in [3.8, 4) is 0 Å². The van der Waals surface area contributed by atoms with Gasteiger partial charge in [-0.2, -0.15) is 8.78 Å². The van der Waals surface area contributed by atoms with Gasteiger partial charge in [-0.1, -0.05) is 6.07 Å². The number of likely N-dealkylation sites (tertiary alicyclic amines) is 1. The van der Waals surface area contributed by atoms with E-state index in [9.17, 15) is 18.4 Å². The lowest BCUT2D eigenvalue weighted by Crippen LogP contribution is -2.44. The van der Waals surface area contributed by atoms with Gasteiger partial charge < -0.3 is 10.2 Å². The lowest BCUT2D eigenvalue weighted by molar-refractivity contribution is -0.121. The number of hydrogen-bond acceptors (Lipinski definition) is 5. The van der Waals surface area contributed by atoms with E-state index in [1.54, 1.807) is 18.3 Å². The molecule has 1 fully saturated rings. The predicted octanol–water partition coefficient (Wildman–Crippen LogP) is 3.59. The minimum Gasteiger partial charge on any atom is -0.338 e. The number of amides is 2. The van der Waals surface area contributed by atoms with Crippen molar-refractivity contribution in [3.63, 3.8) is 0 Å². The molecule has 0 spiro atoms. The summed E-state index contributed by atoms with van der Waals surface area (Å²) in [4.78, 5) is 35.1. The molecule has 0 aliphatic carbocycles. The summed E-state index contributed by atoms with van der Waals surface area (Å²) in [5.41, 5.74) is 0.984. The summed E-state index contributed by atoms with van der Waals surface area (Å²) in [5.74, 6) is -3.14. The van der Waals surface area contributed by atoms with Crippen molar-refractivity contribution in [2.24, 2.45) is 5.92 Å². The van der Waals surface area contributed by atoms with Gasteiger partial charge in [0.1, 0.15) is 10.8 Å². The molecule has 0 aromatic carbocycles. The van der Waals surface area contributed by atoms with Crippen LogP contribution in [0.3, 0.4) is 0 Å². The summed E-state index contributed by atoms with van der Waals surface area (Å²) < 4.78 is 25.5. The van der Waals surface area contributed by atoms with Crippen molar-refractivity contribution >= 4 is 29.4 Å². The van der Waals surface area contributed by atoms with E-state index in [0.29, 0.717) is 25.2 Å². The molecular formula is C19H20F2N4O2S. The number of aromatic nitrogens is 2. The van der Waals surface area contributed by atoms with Gasteiger partial charge in [-0.25, -0.2) is 9.97 Å². The third-order valence-corrected chi connectivity index (χ3v) is 5.26. The van der Waals surface area contributed by atoms with E-state index in [-0.39, 0.29) is 46.6 Å². The van der Waals surface area contributed by atoms with Crippen molar-refractivity contribution in [3.05, 3.63) is 47.8 Å². The Morgan fingerprint density at radius 2 is 2.00 bits per heavy atom. The first-order valence-electron chi connectivity index (χ1n) is 8.87. The highest BCUT2D eigenvalue weighted by molar-refractivity contribution is 7.99. The fraction of sp³-hybridized carbons (Fsp3) is 0.368. The van der Waals surface area contributed by atoms with Gasteiger partial charge in [0, 0.05) is 25.5 Å². The van der Waals surface area contributed by atoms with Gasteiger partial charge >= 0.3 is 0 Å². The zero-order valence-corrected chi connectivity index (χ0v) is 16.1. The maximum Gasteiger partial charge on any atom is 0.290 e. The van der Waals surface area contributed by atoms with Crippen LogP contribution in [0.4, 0.5) is 14.6 Å². The molecular weight excluding hydrogens is 386 g/mol. The van der Waals surface area contributed by atoms with Crippen molar-refractivity contribution in [1.29, 1.82) is 0 Å². The van der Waals surface area contributed by atoms with Gasteiger partial charge in [0.05, 0.1) is 11.5 Å². The Labute approximate surface area is 165 Å². The molecule has 2 aromatic heterocycles. The number of hydrogen-bond donors (Lipinski definition) is 1. The second-order valence-corrected chi connectivity index (χ2v) is 7.46. The molecule has 1 aliphatic heterocycles. The molecule has 28 heavy (non-hydrogen) atoms. The molecule has 0 bridgehead atoms. The third-order valence-electron chi connectivity index (χ3n) is 4.53. The Bertz CT molecular complexity index is 865. The highest BCUT2D eigenvalue weighted by Crippen LogP contribution is 2.28. The second kappa shape index (κ2) is 9.09. The summed E-state index contributed by atoms with van der Waals surface area (Å²) in [7, 11) is 0. The van der Waals surface area contributed by atoms with Gasteiger partial charge in [0.15, 0.2) is 0 Å². The number of pyridine rings is 2. The number of nitrogens with zero attached hydrogens (tertiary/aromatic N) is 3. The summed E-state index contributed by atoms with van der Waals surface area (Å²) >= 11 is 0.248. The van der Waals surface area contributed by atoms with Crippen molar-refractivity contribution in [2.75, 3.05) is 18.4 Å². The lowest BCUT2D eigenvalue weighted by Gasteiger charge is -2.32. The fourth-order valence-corrected chi connectivity index (χ4v) is 3.69. The van der Waals surface area contributed by atoms with E-state index < -0.39 is 5.76 Å². The molecule has 1 unspecified atom stereocenters. The predicted molar refractivity (Wildman–Crippen MR) is 102 cm³/mol. The van der Waals surface area contributed by atoms with Crippen LogP contribution < -0.4 is 5.32 Å². The van der Waals surface area contributed by atoms with E-state index >= 15 is 0 Å². The van der Waals surface area contributed by atoms with Gasteiger partial charge in [-0.15, -0.1) is 0 Å². The SMILES string of the molecule is Cc1cccnc1NC(=O)C1CCCN(C(=O)c2cccnc2SC(F)F)C1. The lowest BCUT2D eigenvalue weighted by atomic mass is 9.96. The number of piperidine rings is 1. The Morgan fingerprint density at radius 3 is 2.75 bits per heavy atom. The number of aryl methyl sites for hydroxylation is 1. The first-order chi connectivity index (χ1) is 13.5. The molecule has 2 aromatic rings. The van der Waals surface area contributed by atoms with Crippen LogP contribution in [0.2, 0.25) is 0 Å². The van der Waals surface area contributed by atoms with Crippen molar-refractivity contribution in [2.45, 2.75) is 30.5 Å². The molecule has 148 valence electrons. The molecule has 1 saturated heterocycles. The zero-order valence-electron chi connectivity index (χ0n) is 15.3. The highest BCUT2D eigenvalue weighted by atomic mass is 32.2. The van der Waals surface area contributed by atoms with Gasteiger partial charge in [-0.05, 0) is 55.3 Å². The first-order valence-corrected chi connectivity index (χ1v) is 9.75. The zero-order chi connectivity index (χ0) is 20.1. The molecule has 3 heterocycles. The van der Waals surface area contributed by atoms with E-state index in [2.05, 4.69) is 15.3 Å². The maximum absolute atomic E-state index is 12.9. The number of anilines is 1. The van der Waals surface area contributed by atoms with E-state index in [0.717, 1.165) is 5.56 Å². The smallest absolute Gasteiger partial charge is 0.290 e. The standard InChI is InChI=1S/C19H20F2N4O2S/c1-12-5-2-8-22-15(12)24-16(26)13-6-4-10-25(11-13)18(27)14-7-3-9-23-17(14)28-19(20)21/h2-3,5,7-9,13,19H,4,6,10-11H2,1H3,(H,22,24,26). The number of rotatable bonds is 5. The number of alkyl halides is 2. The van der Waals surface area contributed by atoms with Crippen molar-refractivity contribution < 1.29 is 18.4 Å². The molecule has 1 N–H and O–H groups in total. The first kappa shape index (κ1) is 20.2. The molecule has 9 heteroatoms. The molecule has 0 radical (unpaired) electrons. The van der Waals surface area contributed by atoms with Gasteiger partial charge in [-0.3, -0.25) is 9.59 Å².